The second-order valence-corrected chi connectivity index (χ2v) is 6.74. The molecule has 0 aromatic carbocycles. The predicted octanol–water partition coefficient (Wildman–Crippen LogP) is 2.39. The maximum atomic E-state index is 4.29. The first kappa shape index (κ1) is 19.3. The molecule has 0 amide bonds. The topological polar surface area (TPSA) is 44.6 Å². The molecule has 2 N–H and O–H groups in total. The third-order valence-corrected chi connectivity index (χ3v) is 5.18. The van der Waals surface area contributed by atoms with Crippen molar-refractivity contribution < 1.29 is 0 Å². The Morgan fingerprint density at radius 2 is 1.96 bits per heavy atom. The molecule has 0 radical (unpaired) electrons. The maximum Gasteiger partial charge on any atom is 0.191 e. The zero-order valence-corrected chi connectivity index (χ0v) is 17.2. The van der Waals surface area contributed by atoms with Gasteiger partial charge in [0.2, 0.25) is 0 Å². The molecular weight excluding hydrogens is 433 g/mol. The highest BCUT2D eigenvalue weighted by Crippen LogP contribution is 2.23. The van der Waals surface area contributed by atoms with Crippen LogP contribution in [0.1, 0.15) is 10.4 Å². The predicted molar refractivity (Wildman–Crippen MR) is 113 cm³/mol. The number of aromatic nitrogens is 1. The van der Waals surface area contributed by atoms with Crippen molar-refractivity contribution in [1.29, 1.82) is 0 Å². The van der Waals surface area contributed by atoms with Crippen LogP contribution in [0, 0.1) is 0 Å². The maximum absolute atomic E-state index is 4.29. The summed E-state index contributed by atoms with van der Waals surface area (Å²) in [6.45, 7) is 6.03. The largest absolute Gasteiger partial charge is 0.355 e. The number of aliphatic imine (C=N–C) groups is 1. The van der Waals surface area contributed by atoms with Crippen molar-refractivity contribution >= 4 is 41.3 Å². The Bertz CT molecular complexity index is 623. The van der Waals surface area contributed by atoms with Gasteiger partial charge < -0.3 is 15.2 Å². The molecular formula is C17H26IN5S. The Morgan fingerprint density at radius 3 is 2.71 bits per heavy atom. The minimum absolute atomic E-state index is 0. The van der Waals surface area contributed by atoms with Crippen molar-refractivity contribution in [2.45, 2.75) is 19.5 Å². The standard InChI is InChI=1S/C17H25N5S.HI/c1-18-17(19-6-11-21-8-2-3-9-21)20-7-12-22-10-4-16-15(14-22)5-13-23-16;/h2-3,5,8-9,13H,4,6-7,10-12,14H2,1H3,(H2,18,19,20);1H. The molecule has 2 aromatic heterocycles. The van der Waals surface area contributed by atoms with Crippen LogP contribution in [-0.2, 0) is 19.5 Å². The molecule has 7 heteroatoms. The van der Waals surface area contributed by atoms with Crippen molar-refractivity contribution in [3.05, 3.63) is 46.4 Å². The summed E-state index contributed by atoms with van der Waals surface area (Å²) in [5.41, 5.74) is 1.51. The fourth-order valence-electron chi connectivity index (χ4n) is 2.87. The lowest BCUT2D eigenvalue weighted by molar-refractivity contribution is 0.260. The molecule has 5 nitrogen and oxygen atoms in total. The van der Waals surface area contributed by atoms with Crippen molar-refractivity contribution in [3.8, 4) is 0 Å². The van der Waals surface area contributed by atoms with Gasteiger partial charge in [-0.05, 0) is 35.6 Å². The normalized spacial score (nSPS) is 14.8. The van der Waals surface area contributed by atoms with Crippen LogP contribution in [0.4, 0.5) is 0 Å². The van der Waals surface area contributed by atoms with Gasteiger partial charge in [-0.2, -0.15) is 0 Å². The Labute approximate surface area is 165 Å². The lowest BCUT2D eigenvalue weighted by Gasteiger charge is -2.27. The first-order valence-electron chi connectivity index (χ1n) is 8.18. The van der Waals surface area contributed by atoms with E-state index in [1.54, 1.807) is 4.88 Å². The highest BCUT2D eigenvalue weighted by molar-refractivity contribution is 14.0. The van der Waals surface area contributed by atoms with Crippen LogP contribution in [0.25, 0.3) is 0 Å². The number of nitrogens with zero attached hydrogens (tertiary/aromatic N) is 3. The third-order valence-electron chi connectivity index (χ3n) is 4.16. The zero-order chi connectivity index (χ0) is 15.9. The van der Waals surface area contributed by atoms with Gasteiger partial charge in [0.15, 0.2) is 5.96 Å². The second-order valence-electron chi connectivity index (χ2n) is 5.74. The highest BCUT2D eigenvalue weighted by atomic mass is 127. The molecule has 132 valence electrons. The SMILES string of the molecule is CN=C(NCCN1CCc2sccc2C1)NCCn1cccc1.I. The lowest BCUT2D eigenvalue weighted by Crippen LogP contribution is -2.43. The molecule has 0 atom stereocenters. The molecule has 0 unspecified atom stereocenters. The summed E-state index contributed by atoms with van der Waals surface area (Å²) in [5, 5.41) is 8.97. The minimum Gasteiger partial charge on any atom is -0.355 e. The number of hydrogen-bond acceptors (Lipinski definition) is 3. The van der Waals surface area contributed by atoms with E-state index in [-0.39, 0.29) is 24.0 Å². The molecule has 2 aromatic rings. The average molecular weight is 459 g/mol. The van der Waals surface area contributed by atoms with E-state index in [1.165, 1.54) is 12.0 Å². The fourth-order valence-corrected chi connectivity index (χ4v) is 3.76. The van der Waals surface area contributed by atoms with E-state index in [2.05, 4.69) is 48.9 Å². The monoisotopic (exact) mass is 459 g/mol. The van der Waals surface area contributed by atoms with Gasteiger partial charge >= 0.3 is 0 Å². The van der Waals surface area contributed by atoms with Gasteiger partial charge in [-0.3, -0.25) is 9.89 Å². The van der Waals surface area contributed by atoms with Crippen LogP contribution in [-0.4, -0.2) is 48.7 Å². The molecule has 0 spiro atoms. The summed E-state index contributed by atoms with van der Waals surface area (Å²) in [6, 6.07) is 6.36. The number of fused-ring (bicyclic) bond motifs is 1. The molecule has 0 bridgehead atoms. The van der Waals surface area contributed by atoms with Gasteiger partial charge in [-0.1, -0.05) is 0 Å². The minimum atomic E-state index is 0. The molecule has 0 saturated heterocycles. The molecule has 0 saturated carbocycles. The van der Waals surface area contributed by atoms with Crippen LogP contribution in [0.15, 0.2) is 41.0 Å². The Kier molecular flexibility index (Phi) is 8.07. The Balaban J connectivity index is 0.00000208. The van der Waals surface area contributed by atoms with E-state index >= 15 is 0 Å². The summed E-state index contributed by atoms with van der Waals surface area (Å²) < 4.78 is 2.16. The van der Waals surface area contributed by atoms with Crippen molar-refractivity contribution in [1.82, 2.24) is 20.1 Å². The first-order chi connectivity index (χ1) is 11.3. The van der Waals surface area contributed by atoms with Gasteiger partial charge in [-0.25, -0.2) is 0 Å². The number of nitrogens with one attached hydrogen (secondary N) is 2. The highest BCUT2D eigenvalue weighted by Gasteiger charge is 2.16. The van der Waals surface area contributed by atoms with Gasteiger partial charge in [0.05, 0.1) is 0 Å². The quantitative estimate of drug-likeness (QED) is 0.396. The van der Waals surface area contributed by atoms with Crippen LogP contribution in [0.3, 0.4) is 0 Å². The number of hydrogen-bond donors (Lipinski definition) is 2. The molecule has 3 rings (SSSR count). The van der Waals surface area contributed by atoms with Crippen molar-refractivity contribution in [2.75, 3.05) is 33.2 Å². The first-order valence-corrected chi connectivity index (χ1v) is 9.06. The Hall–Kier alpha value is -1.06. The lowest BCUT2D eigenvalue weighted by atomic mass is 10.1. The van der Waals surface area contributed by atoms with Crippen molar-refractivity contribution in [3.63, 3.8) is 0 Å². The fraction of sp³-hybridized carbons (Fsp3) is 0.471. The van der Waals surface area contributed by atoms with Crippen molar-refractivity contribution in [2.24, 2.45) is 4.99 Å². The van der Waals surface area contributed by atoms with E-state index < -0.39 is 0 Å². The zero-order valence-electron chi connectivity index (χ0n) is 14.1. The molecule has 0 aliphatic carbocycles. The van der Waals surface area contributed by atoms with Crippen LogP contribution in [0.2, 0.25) is 0 Å². The molecule has 0 fully saturated rings. The van der Waals surface area contributed by atoms with E-state index in [0.29, 0.717) is 0 Å². The van der Waals surface area contributed by atoms with Gasteiger partial charge in [0.25, 0.3) is 0 Å². The number of guanidine groups is 1. The third kappa shape index (κ3) is 5.49. The van der Waals surface area contributed by atoms with Crippen LogP contribution < -0.4 is 10.6 Å². The molecule has 3 heterocycles. The van der Waals surface area contributed by atoms with Crippen LogP contribution >= 0.6 is 35.3 Å². The van der Waals surface area contributed by atoms with E-state index in [4.69, 9.17) is 0 Å². The van der Waals surface area contributed by atoms with E-state index in [0.717, 1.165) is 45.2 Å². The number of halogens is 1. The molecule has 1 aliphatic rings. The summed E-state index contributed by atoms with van der Waals surface area (Å²) in [6.07, 6.45) is 5.34. The van der Waals surface area contributed by atoms with Gasteiger partial charge in [0.1, 0.15) is 0 Å². The Morgan fingerprint density at radius 1 is 1.21 bits per heavy atom. The molecule has 24 heavy (non-hydrogen) atoms. The molecule has 1 aliphatic heterocycles. The van der Waals surface area contributed by atoms with E-state index in [1.807, 2.05) is 30.5 Å². The average Bonchev–Trinajstić information content (AvgIpc) is 3.24. The number of thiophene rings is 1. The summed E-state index contributed by atoms with van der Waals surface area (Å²) in [7, 11) is 1.82. The van der Waals surface area contributed by atoms with Crippen LogP contribution in [0.5, 0.6) is 0 Å². The van der Waals surface area contributed by atoms with Gasteiger partial charge in [0, 0.05) is 63.6 Å². The second kappa shape index (κ2) is 10.0. The van der Waals surface area contributed by atoms with E-state index in [9.17, 15) is 0 Å². The summed E-state index contributed by atoms with van der Waals surface area (Å²) in [5.74, 6) is 0.880. The summed E-state index contributed by atoms with van der Waals surface area (Å²) in [4.78, 5) is 8.36. The summed E-state index contributed by atoms with van der Waals surface area (Å²) >= 11 is 1.89. The smallest absolute Gasteiger partial charge is 0.191 e. The number of rotatable bonds is 6. The van der Waals surface area contributed by atoms with Gasteiger partial charge in [-0.15, -0.1) is 35.3 Å².